The van der Waals surface area contributed by atoms with E-state index in [1.165, 1.54) is 4.90 Å². The first-order chi connectivity index (χ1) is 12.0. The van der Waals surface area contributed by atoms with Crippen LogP contribution in [0.1, 0.15) is 23.4 Å². The third-order valence-electron chi connectivity index (χ3n) is 3.68. The molecule has 130 valence electrons. The fraction of sp³-hybridized carbons (Fsp3) is 0.294. The summed E-state index contributed by atoms with van der Waals surface area (Å²) in [6, 6.07) is 6.97. The minimum absolute atomic E-state index is 0.0763. The molecule has 8 nitrogen and oxygen atoms in total. The highest BCUT2D eigenvalue weighted by Crippen LogP contribution is 2.24. The van der Waals surface area contributed by atoms with Crippen LogP contribution in [0.15, 0.2) is 41.1 Å². The largest absolute Gasteiger partial charge is 0.451 e. The first-order valence-corrected chi connectivity index (χ1v) is 7.92. The second kappa shape index (κ2) is 7.16. The molecule has 0 aliphatic heterocycles. The molecule has 0 aliphatic carbocycles. The lowest BCUT2D eigenvalue weighted by atomic mass is 10.2. The van der Waals surface area contributed by atoms with Gasteiger partial charge in [0.15, 0.2) is 5.76 Å². The van der Waals surface area contributed by atoms with Gasteiger partial charge in [0.2, 0.25) is 5.91 Å². The standard InChI is InChI=1S/C17H19N5O3/c1-21(2)17(24)15-11-12-10-13(5-6-14(12)25-15)19-16(23)4-3-8-22-9-7-18-20-22/h5-7,9-11H,3-4,8H2,1-2H3,(H,19,23). The monoisotopic (exact) mass is 341 g/mol. The van der Waals surface area contributed by atoms with E-state index in [0.717, 1.165) is 5.39 Å². The third-order valence-corrected chi connectivity index (χ3v) is 3.68. The summed E-state index contributed by atoms with van der Waals surface area (Å²) in [4.78, 5) is 25.4. The minimum Gasteiger partial charge on any atom is -0.451 e. The van der Waals surface area contributed by atoms with Crippen molar-refractivity contribution in [2.24, 2.45) is 0 Å². The molecule has 0 saturated carbocycles. The van der Waals surface area contributed by atoms with E-state index in [9.17, 15) is 9.59 Å². The zero-order valence-corrected chi connectivity index (χ0v) is 14.1. The van der Waals surface area contributed by atoms with Gasteiger partial charge in [0.05, 0.1) is 6.20 Å². The van der Waals surface area contributed by atoms with Crippen molar-refractivity contribution in [3.05, 3.63) is 42.4 Å². The van der Waals surface area contributed by atoms with E-state index in [1.54, 1.807) is 55.4 Å². The SMILES string of the molecule is CN(C)C(=O)c1cc2cc(NC(=O)CCCn3ccnn3)ccc2o1. The van der Waals surface area contributed by atoms with Crippen molar-refractivity contribution in [2.45, 2.75) is 19.4 Å². The summed E-state index contributed by atoms with van der Waals surface area (Å²) in [5, 5.41) is 11.2. The van der Waals surface area contributed by atoms with Gasteiger partial charge in [0.25, 0.3) is 5.91 Å². The van der Waals surface area contributed by atoms with Crippen LogP contribution in [0.2, 0.25) is 0 Å². The molecule has 2 amide bonds. The first-order valence-electron chi connectivity index (χ1n) is 7.92. The molecule has 25 heavy (non-hydrogen) atoms. The van der Waals surface area contributed by atoms with Crippen LogP contribution in [0, 0.1) is 0 Å². The summed E-state index contributed by atoms with van der Waals surface area (Å²) in [6.07, 6.45) is 4.42. The molecular formula is C17H19N5O3. The number of furan rings is 1. The molecule has 1 aromatic carbocycles. The maximum absolute atomic E-state index is 12.0. The van der Waals surface area contributed by atoms with E-state index < -0.39 is 0 Å². The Morgan fingerprint density at radius 1 is 1.28 bits per heavy atom. The quantitative estimate of drug-likeness (QED) is 0.741. The number of aryl methyl sites for hydroxylation is 1. The summed E-state index contributed by atoms with van der Waals surface area (Å²) in [7, 11) is 3.33. The number of benzene rings is 1. The Kier molecular flexibility index (Phi) is 4.78. The van der Waals surface area contributed by atoms with Crippen LogP contribution in [0.3, 0.4) is 0 Å². The molecule has 0 atom stereocenters. The average molecular weight is 341 g/mol. The topological polar surface area (TPSA) is 93.3 Å². The number of rotatable bonds is 6. The van der Waals surface area contributed by atoms with Gasteiger partial charge in [0, 0.05) is 44.3 Å². The Morgan fingerprint density at radius 3 is 2.84 bits per heavy atom. The molecule has 0 bridgehead atoms. The van der Waals surface area contributed by atoms with Gasteiger partial charge >= 0.3 is 0 Å². The highest BCUT2D eigenvalue weighted by molar-refractivity contribution is 5.98. The van der Waals surface area contributed by atoms with Crippen LogP contribution < -0.4 is 5.32 Å². The summed E-state index contributed by atoms with van der Waals surface area (Å²) in [6.45, 7) is 0.643. The number of hydrogen-bond donors (Lipinski definition) is 1. The Hall–Kier alpha value is -3.16. The van der Waals surface area contributed by atoms with Crippen molar-refractivity contribution >= 4 is 28.5 Å². The highest BCUT2D eigenvalue weighted by Gasteiger charge is 2.14. The Bertz CT molecular complexity index is 883. The number of carbonyl (C=O) groups excluding carboxylic acids is 2. The van der Waals surface area contributed by atoms with Crippen molar-refractivity contribution in [2.75, 3.05) is 19.4 Å². The van der Waals surface area contributed by atoms with Gasteiger partial charge in [-0.25, -0.2) is 0 Å². The Labute approximate surface area is 144 Å². The summed E-state index contributed by atoms with van der Waals surface area (Å²) in [5.41, 5.74) is 1.28. The van der Waals surface area contributed by atoms with Gasteiger partial charge in [-0.2, -0.15) is 0 Å². The number of hydrogen-bond acceptors (Lipinski definition) is 5. The molecule has 0 spiro atoms. The molecule has 0 aliphatic rings. The van der Waals surface area contributed by atoms with Crippen LogP contribution >= 0.6 is 0 Å². The summed E-state index contributed by atoms with van der Waals surface area (Å²) < 4.78 is 7.23. The van der Waals surface area contributed by atoms with E-state index in [1.807, 2.05) is 0 Å². The molecule has 8 heteroatoms. The summed E-state index contributed by atoms with van der Waals surface area (Å²) >= 11 is 0. The summed E-state index contributed by atoms with van der Waals surface area (Å²) in [5.74, 6) is -0.00115. The fourth-order valence-corrected chi connectivity index (χ4v) is 2.42. The van der Waals surface area contributed by atoms with Crippen LogP contribution in [0.5, 0.6) is 0 Å². The Morgan fingerprint density at radius 2 is 2.12 bits per heavy atom. The molecule has 0 fully saturated rings. The third kappa shape index (κ3) is 4.03. The van der Waals surface area contributed by atoms with Gasteiger partial charge in [0.1, 0.15) is 5.58 Å². The van der Waals surface area contributed by atoms with Crippen LogP contribution in [0.25, 0.3) is 11.0 Å². The van der Waals surface area contributed by atoms with E-state index in [-0.39, 0.29) is 17.6 Å². The van der Waals surface area contributed by atoms with Gasteiger partial charge in [-0.15, -0.1) is 5.10 Å². The molecule has 0 saturated heterocycles. The number of nitrogens with zero attached hydrogens (tertiary/aromatic N) is 4. The number of carbonyl (C=O) groups is 2. The molecule has 3 aromatic rings. The van der Waals surface area contributed by atoms with Crippen molar-refractivity contribution in [3.8, 4) is 0 Å². The smallest absolute Gasteiger partial charge is 0.289 e. The van der Waals surface area contributed by atoms with E-state index >= 15 is 0 Å². The van der Waals surface area contributed by atoms with E-state index in [4.69, 9.17) is 4.42 Å². The molecule has 1 N–H and O–H groups in total. The first kappa shape index (κ1) is 16.7. The van der Waals surface area contributed by atoms with Crippen LogP contribution in [0.4, 0.5) is 5.69 Å². The van der Waals surface area contributed by atoms with Crippen LogP contribution in [-0.4, -0.2) is 45.8 Å². The van der Waals surface area contributed by atoms with E-state index in [0.29, 0.717) is 30.7 Å². The van der Waals surface area contributed by atoms with Gasteiger partial charge in [-0.3, -0.25) is 14.3 Å². The lowest BCUT2D eigenvalue weighted by Crippen LogP contribution is -2.20. The highest BCUT2D eigenvalue weighted by atomic mass is 16.3. The zero-order chi connectivity index (χ0) is 17.8. The fourth-order valence-electron chi connectivity index (χ4n) is 2.42. The van der Waals surface area contributed by atoms with Crippen molar-refractivity contribution in [3.63, 3.8) is 0 Å². The second-order valence-corrected chi connectivity index (χ2v) is 5.88. The van der Waals surface area contributed by atoms with Crippen LogP contribution in [-0.2, 0) is 11.3 Å². The average Bonchev–Trinajstić information content (AvgIpc) is 3.22. The predicted molar refractivity (Wildman–Crippen MR) is 92.1 cm³/mol. The molecule has 2 aromatic heterocycles. The molecular weight excluding hydrogens is 322 g/mol. The predicted octanol–water partition coefficient (Wildman–Crippen LogP) is 2.15. The Balaban J connectivity index is 1.61. The lowest BCUT2D eigenvalue weighted by molar-refractivity contribution is -0.116. The van der Waals surface area contributed by atoms with Gasteiger partial charge < -0.3 is 14.6 Å². The van der Waals surface area contributed by atoms with Gasteiger partial charge in [-0.1, -0.05) is 5.21 Å². The number of aromatic nitrogens is 3. The lowest BCUT2D eigenvalue weighted by Gasteiger charge is -2.06. The van der Waals surface area contributed by atoms with Crippen molar-refractivity contribution in [1.29, 1.82) is 0 Å². The maximum atomic E-state index is 12.0. The molecule has 0 unspecified atom stereocenters. The number of fused-ring (bicyclic) bond motifs is 1. The maximum Gasteiger partial charge on any atom is 0.289 e. The molecule has 3 rings (SSSR count). The van der Waals surface area contributed by atoms with E-state index in [2.05, 4.69) is 15.6 Å². The normalized spacial score (nSPS) is 10.8. The van der Waals surface area contributed by atoms with Gasteiger partial charge in [-0.05, 0) is 30.7 Å². The number of anilines is 1. The molecule has 0 radical (unpaired) electrons. The molecule has 2 heterocycles. The number of amides is 2. The minimum atomic E-state index is -0.199. The zero-order valence-electron chi connectivity index (χ0n) is 14.1. The van der Waals surface area contributed by atoms with Crippen molar-refractivity contribution in [1.82, 2.24) is 19.9 Å². The number of nitrogens with one attached hydrogen (secondary N) is 1. The second-order valence-electron chi connectivity index (χ2n) is 5.88. The van der Waals surface area contributed by atoms with Crippen molar-refractivity contribution < 1.29 is 14.0 Å².